The van der Waals surface area contributed by atoms with Crippen LogP contribution >= 0.6 is 27.3 Å². The van der Waals surface area contributed by atoms with Crippen molar-refractivity contribution in [2.24, 2.45) is 0 Å². The molecule has 20 heavy (non-hydrogen) atoms. The molecule has 0 bridgehead atoms. The molecule has 0 aliphatic carbocycles. The number of hydrogen-bond donors (Lipinski definition) is 1. The number of ether oxygens (including phenoxy) is 1. The predicted octanol–water partition coefficient (Wildman–Crippen LogP) is 1.04. The summed E-state index contributed by atoms with van der Waals surface area (Å²) in [5.74, 6) is -0.0544. The van der Waals surface area contributed by atoms with Crippen molar-refractivity contribution >= 4 is 43.2 Å². The second-order valence-electron chi connectivity index (χ2n) is 4.20. The first-order valence-corrected chi connectivity index (χ1v) is 9.24. The molecule has 1 aromatic rings. The predicted molar refractivity (Wildman–Crippen MR) is 79.2 cm³/mol. The van der Waals surface area contributed by atoms with Crippen LogP contribution in [0.2, 0.25) is 0 Å². The van der Waals surface area contributed by atoms with E-state index in [-0.39, 0.29) is 23.1 Å². The van der Waals surface area contributed by atoms with E-state index in [0.29, 0.717) is 30.8 Å². The second-order valence-corrected chi connectivity index (χ2v) is 7.93. The number of sulfonamides is 1. The summed E-state index contributed by atoms with van der Waals surface area (Å²) in [4.78, 5) is 13.6. The van der Waals surface area contributed by atoms with Gasteiger partial charge in [0.25, 0.3) is 10.0 Å². The van der Waals surface area contributed by atoms with Crippen LogP contribution in [0.1, 0.15) is 6.42 Å². The molecule has 0 aromatic carbocycles. The number of carbonyl (C=O) groups is 1. The molecule has 6 nitrogen and oxygen atoms in total. The van der Waals surface area contributed by atoms with Gasteiger partial charge in [-0.15, -0.1) is 11.3 Å². The molecule has 112 valence electrons. The smallest absolute Gasteiger partial charge is 0.251 e. The van der Waals surface area contributed by atoms with E-state index in [1.165, 1.54) is 0 Å². The zero-order valence-electron chi connectivity index (χ0n) is 10.7. The highest BCUT2D eigenvalue weighted by Crippen LogP contribution is 2.27. The van der Waals surface area contributed by atoms with Crippen molar-refractivity contribution in [3.05, 3.63) is 15.9 Å². The zero-order valence-corrected chi connectivity index (χ0v) is 13.9. The van der Waals surface area contributed by atoms with Crippen molar-refractivity contribution < 1.29 is 17.9 Å². The topological polar surface area (TPSA) is 75.7 Å². The maximum Gasteiger partial charge on any atom is 0.251 e. The number of hydrogen-bond acceptors (Lipinski definition) is 5. The Morgan fingerprint density at radius 2 is 2.15 bits per heavy atom. The third kappa shape index (κ3) is 4.01. The lowest BCUT2D eigenvalue weighted by Crippen LogP contribution is -2.41. The van der Waals surface area contributed by atoms with E-state index in [0.717, 1.165) is 11.3 Å². The lowest BCUT2D eigenvalue weighted by atomic mass is 10.3. The molecule has 1 aliphatic heterocycles. The number of carbonyl (C=O) groups excluding carboxylic acids is 1. The number of morpholine rings is 1. The van der Waals surface area contributed by atoms with Gasteiger partial charge in [-0.3, -0.25) is 4.79 Å². The monoisotopic (exact) mass is 382 g/mol. The molecule has 1 aliphatic rings. The van der Waals surface area contributed by atoms with E-state index in [1.54, 1.807) is 16.3 Å². The van der Waals surface area contributed by atoms with Gasteiger partial charge >= 0.3 is 0 Å². The van der Waals surface area contributed by atoms with E-state index in [4.69, 9.17) is 4.74 Å². The molecule has 0 spiro atoms. The van der Waals surface area contributed by atoms with E-state index < -0.39 is 10.0 Å². The third-order valence-electron chi connectivity index (χ3n) is 2.82. The fourth-order valence-electron chi connectivity index (χ4n) is 1.80. The van der Waals surface area contributed by atoms with Gasteiger partial charge < -0.3 is 9.64 Å². The Balaban J connectivity index is 1.83. The molecule has 1 saturated heterocycles. The van der Waals surface area contributed by atoms with Crippen molar-refractivity contribution in [3.8, 4) is 0 Å². The Bertz CT molecular complexity index is 567. The number of rotatable bonds is 5. The SMILES string of the molecule is O=C(CCNS(=O)(=O)c1sccc1Br)N1CCOCC1. The average Bonchev–Trinajstić information content (AvgIpc) is 2.86. The largest absolute Gasteiger partial charge is 0.378 e. The van der Waals surface area contributed by atoms with Gasteiger partial charge in [-0.2, -0.15) is 0 Å². The first kappa shape index (κ1) is 15.9. The Labute approximate surface area is 130 Å². The molecule has 0 saturated carbocycles. The molecule has 0 radical (unpaired) electrons. The van der Waals surface area contributed by atoms with Gasteiger partial charge in [-0.05, 0) is 27.4 Å². The normalized spacial score (nSPS) is 16.4. The summed E-state index contributed by atoms with van der Waals surface area (Å²) in [6.07, 6.45) is 0.155. The minimum Gasteiger partial charge on any atom is -0.378 e. The van der Waals surface area contributed by atoms with E-state index in [2.05, 4.69) is 20.7 Å². The minimum absolute atomic E-state index is 0.0544. The van der Waals surface area contributed by atoms with Gasteiger partial charge in [0.1, 0.15) is 4.21 Å². The number of nitrogens with zero attached hydrogens (tertiary/aromatic N) is 1. The maximum absolute atomic E-state index is 12.0. The second kappa shape index (κ2) is 6.99. The standard InChI is InChI=1S/C11H15BrN2O4S2/c12-9-2-8-19-11(9)20(16,17)13-3-1-10(15)14-4-6-18-7-5-14/h2,8,13H,1,3-7H2. The first-order chi connectivity index (χ1) is 9.50. The highest BCUT2D eigenvalue weighted by Gasteiger charge is 2.21. The van der Waals surface area contributed by atoms with Crippen molar-refractivity contribution in [2.75, 3.05) is 32.8 Å². The molecule has 2 heterocycles. The summed E-state index contributed by atoms with van der Waals surface area (Å²) in [6, 6.07) is 1.68. The molecule has 9 heteroatoms. The first-order valence-electron chi connectivity index (χ1n) is 6.09. The van der Waals surface area contributed by atoms with E-state index in [9.17, 15) is 13.2 Å². The zero-order chi connectivity index (χ0) is 14.6. The summed E-state index contributed by atoms with van der Waals surface area (Å²) in [6.45, 7) is 2.33. The fraction of sp³-hybridized carbons (Fsp3) is 0.545. The van der Waals surface area contributed by atoms with Crippen LogP contribution in [0.3, 0.4) is 0 Å². The van der Waals surface area contributed by atoms with Crippen LogP contribution in [0, 0.1) is 0 Å². The highest BCUT2D eigenvalue weighted by molar-refractivity contribution is 9.10. The molecule has 0 unspecified atom stereocenters. The van der Waals surface area contributed by atoms with Crippen LogP contribution in [0.15, 0.2) is 20.1 Å². The van der Waals surface area contributed by atoms with Crippen LogP contribution < -0.4 is 4.72 Å². The summed E-state index contributed by atoms with van der Waals surface area (Å²) < 4.78 is 32.4. The Morgan fingerprint density at radius 1 is 1.45 bits per heavy atom. The van der Waals surface area contributed by atoms with Crippen LogP contribution in [0.5, 0.6) is 0 Å². The molecule has 1 N–H and O–H groups in total. The molecular weight excluding hydrogens is 368 g/mol. The fourth-order valence-corrected chi connectivity index (χ4v) is 5.21. The quantitative estimate of drug-likeness (QED) is 0.825. The van der Waals surface area contributed by atoms with Crippen LogP contribution in [-0.4, -0.2) is 52.1 Å². The summed E-state index contributed by atoms with van der Waals surface area (Å²) in [5, 5.41) is 1.69. The van der Waals surface area contributed by atoms with Crippen molar-refractivity contribution in [1.82, 2.24) is 9.62 Å². The van der Waals surface area contributed by atoms with Crippen molar-refractivity contribution in [3.63, 3.8) is 0 Å². The maximum atomic E-state index is 12.0. The third-order valence-corrected chi connectivity index (χ3v) is 6.95. The van der Waals surface area contributed by atoms with Crippen LogP contribution in [-0.2, 0) is 19.6 Å². The molecule has 1 amide bonds. The van der Waals surface area contributed by atoms with E-state index in [1.807, 2.05) is 0 Å². The highest BCUT2D eigenvalue weighted by atomic mass is 79.9. The minimum atomic E-state index is -3.55. The molecule has 2 rings (SSSR count). The summed E-state index contributed by atoms with van der Waals surface area (Å²) in [5.41, 5.74) is 0. The van der Waals surface area contributed by atoms with Crippen molar-refractivity contribution in [2.45, 2.75) is 10.6 Å². The lowest BCUT2D eigenvalue weighted by molar-refractivity contribution is -0.135. The molecular formula is C11H15BrN2O4S2. The summed E-state index contributed by atoms with van der Waals surface area (Å²) in [7, 11) is -3.55. The van der Waals surface area contributed by atoms with Gasteiger partial charge in [0.2, 0.25) is 5.91 Å². The lowest BCUT2D eigenvalue weighted by Gasteiger charge is -2.26. The van der Waals surface area contributed by atoms with Crippen LogP contribution in [0.25, 0.3) is 0 Å². The Hall–Kier alpha value is -0.480. The average molecular weight is 383 g/mol. The molecule has 0 atom stereocenters. The van der Waals surface area contributed by atoms with E-state index >= 15 is 0 Å². The van der Waals surface area contributed by atoms with Crippen LogP contribution in [0.4, 0.5) is 0 Å². The summed E-state index contributed by atoms with van der Waals surface area (Å²) >= 11 is 4.32. The molecule has 1 aromatic heterocycles. The Morgan fingerprint density at radius 3 is 2.75 bits per heavy atom. The van der Waals surface area contributed by atoms with Gasteiger partial charge in [0.05, 0.1) is 13.2 Å². The number of thiophene rings is 1. The Kier molecular flexibility index (Phi) is 5.56. The van der Waals surface area contributed by atoms with Gasteiger partial charge in [-0.25, -0.2) is 13.1 Å². The van der Waals surface area contributed by atoms with Gasteiger partial charge in [0, 0.05) is 30.5 Å². The van der Waals surface area contributed by atoms with Gasteiger partial charge in [0.15, 0.2) is 0 Å². The van der Waals surface area contributed by atoms with Crippen molar-refractivity contribution in [1.29, 1.82) is 0 Å². The number of halogens is 1. The number of amides is 1. The van der Waals surface area contributed by atoms with Gasteiger partial charge in [-0.1, -0.05) is 0 Å². The molecule has 1 fully saturated rings. The number of nitrogens with one attached hydrogen (secondary N) is 1.